The highest BCUT2D eigenvalue weighted by Crippen LogP contribution is 2.18. The molecule has 1 aromatic carbocycles. The summed E-state index contributed by atoms with van der Waals surface area (Å²) in [4.78, 5) is 4.17. The van der Waals surface area contributed by atoms with Crippen LogP contribution in [0.1, 0.15) is 6.42 Å². The fraction of sp³-hybridized carbons (Fsp3) is 0.533. The SMILES string of the molecule is CN=C(NCCCOc1cccc(OC)c1)NCCSC. The number of guanidine groups is 1. The van der Waals surface area contributed by atoms with Crippen LogP contribution in [0.5, 0.6) is 11.5 Å². The van der Waals surface area contributed by atoms with Crippen molar-refractivity contribution in [1.29, 1.82) is 0 Å². The van der Waals surface area contributed by atoms with E-state index in [1.807, 2.05) is 36.0 Å². The maximum atomic E-state index is 5.68. The Balaban J connectivity index is 2.15. The largest absolute Gasteiger partial charge is 0.497 e. The molecular formula is C15H25N3O2S. The van der Waals surface area contributed by atoms with Gasteiger partial charge in [-0.1, -0.05) is 6.07 Å². The van der Waals surface area contributed by atoms with E-state index in [9.17, 15) is 0 Å². The van der Waals surface area contributed by atoms with Crippen LogP contribution in [-0.4, -0.2) is 51.8 Å². The van der Waals surface area contributed by atoms with Crippen LogP contribution < -0.4 is 20.1 Å². The summed E-state index contributed by atoms with van der Waals surface area (Å²) < 4.78 is 10.8. The minimum atomic E-state index is 0.655. The summed E-state index contributed by atoms with van der Waals surface area (Å²) in [6, 6.07) is 7.64. The first-order valence-electron chi connectivity index (χ1n) is 7.00. The number of methoxy groups -OCH3 is 1. The lowest BCUT2D eigenvalue weighted by Crippen LogP contribution is -2.39. The molecule has 0 atom stereocenters. The monoisotopic (exact) mass is 311 g/mol. The van der Waals surface area contributed by atoms with Gasteiger partial charge in [0.25, 0.3) is 0 Å². The van der Waals surface area contributed by atoms with E-state index in [-0.39, 0.29) is 0 Å². The molecule has 1 rings (SSSR count). The summed E-state index contributed by atoms with van der Waals surface area (Å²) in [6.07, 6.45) is 2.99. The summed E-state index contributed by atoms with van der Waals surface area (Å²) in [5, 5.41) is 6.52. The molecule has 0 unspecified atom stereocenters. The highest BCUT2D eigenvalue weighted by atomic mass is 32.2. The zero-order valence-electron chi connectivity index (χ0n) is 13.0. The van der Waals surface area contributed by atoms with E-state index in [4.69, 9.17) is 9.47 Å². The molecule has 118 valence electrons. The summed E-state index contributed by atoms with van der Waals surface area (Å²) >= 11 is 1.81. The molecule has 0 saturated carbocycles. The molecule has 0 amide bonds. The molecule has 0 aliphatic carbocycles. The second-order valence-corrected chi connectivity index (χ2v) is 5.29. The van der Waals surface area contributed by atoms with Crippen molar-refractivity contribution in [2.24, 2.45) is 4.99 Å². The van der Waals surface area contributed by atoms with Gasteiger partial charge in [0.05, 0.1) is 13.7 Å². The maximum absolute atomic E-state index is 5.68. The van der Waals surface area contributed by atoms with Crippen LogP contribution in [0.15, 0.2) is 29.3 Å². The van der Waals surface area contributed by atoms with Crippen LogP contribution in [-0.2, 0) is 0 Å². The molecule has 0 radical (unpaired) electrons. The Kier molecular flexibility index (Phi) is 9.28. The topological polar surface area (TPSA) is 54.9 Å². The maximum Gasteiger partial charge on any atom is 0.191 e. The van der Waals surface area contributed by atoms with Crippen molar-refractivity contribution >= 4 is 17.7 Å². The Morgan fingerprint density at radius 3 is 2.71 bits per heavy atom. The van der Waals surface area contributed by atoms with E-state index in [2.05, 4.69) is 21.9 Å². The molecule has 1 aromatic rings. The molecule has 5 nitrogen and oxygen atoms in total. The first-order valence-corrected chi connectivity index (χ1v) is 8.40. The smallest absolute Gasteiger partial charge is 0.191 e. The van der Waals surface area contributed by atoms with Crippen LogP contribution in [0.4, 0.5) is 0 Å². The number of hydrogen-bond acceptors (Lipinski definition) is 4. The quantitative estimate of drug-likeness (QED) is 0.415. The van der Waals surface area contributed by atoms with E-state index < -0.39 is 0 Å². The number of benzene rings is 1. The highest BCUT2D eigenvalue weighted by Gasteiger charge is 1.98. The van der Waals surface area contributed by atoms with Crippen LogP contribution in [0.3, 0.4) is 0 Å². The number of aliphatic imine (C=N–C) groups is 1. The molecule has 2 N–H and O–H groups in total. The number of nitrogens with zero attached hydrogens (tertiary/aromatic N) is 1. The predicted octanol–water partition coefficient (Wildman–Crippen LogP) is 1.99. The minimum absolute atomic E-state index is 0.655. The predicted molar refractivity (Wildman–Crippen MR) is 90.9 cm³/mol. The number of thioether (sulfide) groups is 1. The number of hydrogen-bond donors (Lipinski definition) is 2. The van der Waals surface area contributed by atoms with Crippen LogP contribution >= 0.6 is 11.8 Å². The lowest BCUT2D eigenvalue weighted by molar-refractivity contribution is 0.308. The van der Waals surface area contributed by atoms with Gasteiger partial charge in [0.1, 0.15) is 11.5 Å². The molecule has 0 heterocycles. The van der Waals surface area contributed by atoms with Crippen molar-refractivity contribution in [2.45, 2.75) is 6.42 Å². The summed E-state index contributed by atoms with van der Waals surface area (Å²) in [5.41, 5.74) is 0. The van der Waals surface area contributed by atoms with Crippen molar-refractivity contribution in [3.05, 3.63) is 24.3 Å². The average Bonchev–Trinajstić information content (AvgIpc) is 2.53. The molecule has 0 spiro atoms. The van der Waals surface area contributed by atoms with E-state index in [0.717, 1.165) is 42.7 Å². The molecule has 0 saturated heterocycles. The van der Waals surface area contributed by atoms with Crippen LogP contribution in [0.25, 0.3) is 0 Å². The minimum Gasteiger partial charge on any atom is -0.497 e. The van der Waals surface area contributed by atoms with Crippen molar-refractivity contribution in [1.82, 2.24) is 10.6 Å². The van der Waals surface area contributed by atoms with E-state index in [0.29, 0.717) is 6.61 Å². The Morgan fingerprint density at radius 1 is 1.24 bits per heavy atom. The number of ether oxygens (including phenoxy) is 2. The fourth-order valence-corrected chi connectivity index (χ4v) is 1.96. The van der Waals surface area contributed by atoms with E-state index >= 15 is 0 Å². The molecule has 0 aromatic heterocycles. The van der Waals surface area contributed by atoms with Gasteiger partial charge in [-0.05, 0) is 24.8 Å². The normalized spacial score (nSPS) is 11.1. The van der Waals surface area contributed by atoms with Crippen molar-refractivity contribution in [3.8, 4) is 11.5 Å². The Morgan fingerprint density at radius 2 is 2.00 bits per heavy atom. The van der Waals surface area contributed by atoms with Gasteiger partial charge in [0.15, 0.2) is 5.96 Å². The Labute approximate surface area is 131 Å². The Bertz CT molecular complexity index is 427. The van der Waals surface area contributed by atoms with Gasteiger partial charge in [-0.3, -0.25) is 4.99 Å². The van der Waals surface area contributed by atoms with Crippen molar-refractivity contribution in [2.75, 3.05) is 45.9 Å². The van der Waals surface area contributed by atoms with Crippen LogP contribution in [0, 0.1) is 0 Å². The zero-order chi connectivity index (χ0) is 15.3. The number of nitrogens with one attached hydrogen (secondary N) is 2. The fourth-order valence-electron chi connectivity index (χ4n) is 1.65. The van der Waals surface area contributed by atoms with E-state index in [1.165, 1.54) is 0 Å². The molecule has 6 heteroatoms. The summed E-state index contributed by atoms with van der Waals surface area (Å²) in [6.45, 7) is 2.39. The van der Waals surface area contributed by atoms with Crippen LogP contribution in [0.2, 0.25) is 0 Å². The second-order valence-electron chi connectivity index (χ2n) is 4.30. The third kappa shape index (κ3) is 7.70. The van der Waals surface area contributed by atoms with E-state index in [1.54, 1.807) is 14.2 Å². The second kappa shape index (κ2) is 11.1. The molecule has 0 aliphatic rings. The van der Waals surface area contributed by atoms with Gasteiger partial charge in [0.2, 0.25) is 0 Å². The van der Waals surface area contributed by atoms with Gasteiger partial charge in [-0.2, -0.15) is 11.8 Å². The Hall–Kier alpha value is -1.56. The summed E-state index contributed by atoms with van der Waals surface area (Å²) in [5.74, 6) is 3.55. The molecule has 0 aliphatic heterocycles. The van der Waals surface area contributed by atoms with Gasteiger partial charge in [0, 0.05) is 32.0 Å². The molecule has 0 fully saturated rings. The third-order valence-corrected chi connectivity index (χ3v) is 3.36. The first kappa shape index (κ1) is 17.5. The molecule has 0 bridgehead atoms. The third-order valence-electron chi connectivity index (χ3n) is 2.75. The highest BCUT2D eigenvalue weighted by molar-refractivity contribution is 7.98. The number of rotatable bonds is 9. The van der Waals surface area contributed by atoms with Gasteiger partial charge < -0.3 is 20.1 Å². The van der Waals surface area contributed by atoms with Gasteiger partial charge in [-0.25, -0.2) is 0 Å². The van der Waals surface area contributed by atoms with Crippen molar-refractivity contribution in [3.63, 3.8) is 0 Å². The average molecular weight is 311 g/mol. The summed E-state index contributed by atoms with van der Waals surface area (Å²) in [7, 11) is 3.43. The van der Waals surface area contributed by atoms with Crippen molar-refractivity contribution < 1.29 is 9.47 Å². The van der Waals surface area contributed by atoms with Gasteiger partial charge >= 0.3 is 0 Å². The lowest BCUT2D eigenvalue weighted by Gasteiger charge is -2.12. The molecule has 21 heavy (non-hydrogen) atoms. The zero-order valence-corrected chi connectivity index (χ0v) is 13.8. The molecular weight excluding hydrogens is 286 g/mol. The lowest BCUT2D eigenvalue weighted by atomic mass is 10.3. The van der Waals surface area contributed by atoms with Gasteiger partial charge in [-0.15, -0.1) is 0 Å². The first-order chi connectivity index (χ1) is 10.3. The standard InChI is InChI=1S/C15H25N3O2S/c1-16-15(18-9-11-21-3)17-8-5-10-20-14-7-4-6-13(12-14)19-2/h4,6-7,12H,5,8-11H2,1-3H3,(H2,16,17,18).